The molecular formula is C17H16BrN3O2. The highest BCUT2D eigenvalue weighted by atomic mass is 79.9. The molecule has 0 aromatic heterocycles. The third-order valence-corrected chi connectivity index (χ3v) is 4.16. The van der Waals surface area contributed by atoms with Gasteiger partial charge in [-0.2, -0.15) is 0 Å². The van der Waals surface area contributed by atoms with Gasteiger partial charge >= 0.3 is 6.03 Å². The van der Waals surface area contributed by atoms with Crippen LogP contribution in [0.3, 0.4) is 0 Å². The van der Waals surface area contributed by atoms with E-state index in [2.05, 4.69) is 26.6 Å². The van der Waals surface area contributed by atoms with Gasteiger partial charge in [-0.3, -0.25) is 4.79 Å². The third-order valence-electron chi connectivity index (χ3n) is 3.63. The van der Waals surface area contributed by atoms with Crippen LogP contribution >= 0.6 is 15.9 Å². The van der Waals surface area contributed by atoms with Crippen molar-refractivity contribution in [2.24, 2.45) is 0 Å². The highest BCUT2D eigenvalue weighted by Gasteiger charge is 2.31. The van der Waals surface area contributed by atoms with E-state index in [0.717, 1.165) is 10.2 Å². The normalized spacial score (nSPS) is 17.2. The first-order chi connectivity index (χ1) is 11.1. The minimum absolute atomic E-state index is 0.0186. The second kappa shape index (κ2) is 6.83. The second-order valence-corrected chi connectivity index (χ2v) is 6.26. The zero-order valence-corrected chi connectivity index (χ0v) is 13.9. The van der Waals surface area contributed by atoms with Crippen molar-refractivity contribution in [3.05, 3.63) is 59.1 Å². The summed E-state index contributed by atoms with van der Waals surface area (Å²) in [6, 6.07) is 16.3. The molecule has 1 saturated heterocycles. The molecule has 0 aliphatic carbocycles. The Kier molecular flexibility index (Phi) is 4.62. The molecule has 23 heavy (non-hydrogen) atoms. The van der Waals surface area contributed by atoms with Gasteiger partial charge < -0.3 is 15.5 Å². The molecule has 6 heteroatoms. The molecule has 3 amide bonds. The number of benzene rings is 2. The lowest BCUT2D eigenvalue weighted by atomic mass is 10.2. The number of carbonyl (C=O) groups is 2. The van der Waals surface area contributed by atoms with Gasteiger partial charge in [-0.25, -0.2) is 4.79 Å². The molecule has 3 rings (SSSR count). The molecule has 0 spiro atoms. The van der Waals surface area contributed by atoms with Gasteiger partial charge in [0.1, 0.15) is 0 Å². The molecule has 1 aliphatic heterocycles. The Balaban J connectivity index is 1.57. The van der Waals surface area contributed by atoms with Gasteiger partial charge in [0, 0.05) is 28.8 Å². The van der Waals surface area contributed by atoms with E-state index in [1.54, 1.807) is 17.0 Å². The summed E-state index contributed by atoms with van der Waals surface area (Å²) >= 11 is 3.35. The molecule has 1 aliphatic rings. The first-order valence-electron chi connectivity index (χ1n) is 7.30. The summed E-state index contributed by atoms with van der Waals surface area (Å²) in [6.45, 7) is 0.483. The van der Waals surface area contributed by atoms with Crippen LogP contribution in [0.2, 0.25) is 0 Å². The van der Waals surface area contributed by atoms with Gasteiger partial charge in [0.25, 0.3) is 0 Å². The number of urea groups is 1. The molecule has 0 saturated carbocycles. The molecule has 0 radical (unpaired) electrons. The van der Waals surface area contributed by atoms with Crippen LogP contribution in [0.25, 0.3) is 0 Å². The van der Waals surface area contributed by atoms with E-state index < -0.39 is 0 Å². The van der Waals surface area contributed by atoms with Crippen molar-refractivity contribution in [1.29, 1.82) is 0 Å². The number of carbonyl (C=O) groups excluding carboxylic acids is 2. The number of nitrogens with one attached hydrogen (secondary N) is 2. The number of nitrogens with zero attached hydrogens (tertiary/aromatic N) is 1. The molecule has 118 valence electrons. The number of hydrogen-bond acceptors (Lipinski definition) is 2. The molecule has 1 heterocycles. The van der Waals surface area contributed by atoms with Crippen LogP contribution in [0, 0.1) is 0 Å². The van der Waals surface area contributed by atoms with Crippen molar-refractivity contribution in [3.63, 3.8) is 0 Å². The second-order valence-electron chi connectivity index (χ2n) is 5.35. The first kappa shape index (κ1) is 15.6. The topological polar surface area (TPSA) is 61.4 Å². The molecule has 0 bridgehead atoms. The number of para-hydroxylation sites is 1. The summed E-state index contributed by atoms with van der Waals surface area (Å²) in [6.07, 6.45) is 0.308. The maximum absolute atomic E-state index is 12.1. The average molecular weight is 374 g/mol. The van der Waals surface area contributed by atoms with Crippen molar-refractivity contribution in [2.75, 3.05) is 16.8 Å². The minimum atomic E-state index is -0.306. The summed E-state index contributed by atoms with van der Waals surface area (Å²) in [4.78, 5) is 25.8. The standard InChI is InChI=1S/C17H16BrN3O2/c18-12-6-8-13(9-7-12)19-17(23)20-14-10-16(22)21(11-14)15-4-2-1-3-5-15/h1-9,14H,10-11H2,(H2,19,20,23). The first-order valence-corrected chi connectivity index (χ1v) is 8.09. The summed E-state index contributed by atoms with van der Waals surface area (Å²) in [5.41, 5.74) is 1.56. The molecule has 2 aromatic rings. The van der Waals surface area contributed by atoms with E-state index in [1.807, 2.05) is 42.5 Å². The zero-order valence-electron chi connectivity index (χ0n) is 12.3. The molecular weight excluding hydrogens is 358 g/mol. The van der Waals surface area contributed by atoms with Crippen LogP contribution < -0.4 is 15.5 Å². The van der Waals surface area contributed by atoms with E-state index >= 15 is 0 Å². The Morgan fingerprint density at radius 3 is 2.48 bits per heavy atom. The summed E-state index contributed by atoms with van der Waals surface area (Å²) in [7, 11) is 0. The van der Waals surface area contributed by atoms with Gasteiger partial charge in [0.15, 0.2) is 0 Å². The smallest absolute Gasteiger partial charge is 0.319 e. The van der Waals surface area contributed by atoms with E-state index in [4.69, 9.17) is 0 Å². The maximum atomic E-state index is 12.1. The number of anilines is 2. The fraction of sp³-hybridized carbons (Fsp3) is 0.176. The zero-order chi connectivity index (χ0) is 16.2. The Labute approximate surface area is 142 Å². The highest BCUT2D eigenvalue weighted by molar-refractivity contribution is 9.10. The lowest BCUT2D eigenvalue weighted by Crippen LogP contribution is -2.39. The molecule has 1 fully saturated rings. The molecule has 5 nitrogen and oxygen atoms in total. The lowest BCUT2D eigenvalue weighted by molar-refractivity contribution is -0.117. The van der Waals surface area contributed by atoms with Gasteiger partial charge in [0.2, 0.25) is 5.91 Å². The molecule has 2 N–H and O–H groups in total. The van der Waals surface area contributed by atoms with E-state index in [9.17, 15) is 9.59 Å². The quantitative estimate of drug-likeness (QED) is 0.866. The van der Waals surface area contributed by atoms with E-state index in [-0.39, 0.29) is 18.0 Å². The molecule has 1 unspecified atom stereocenters. The van der Waals surface area contributed by atoms with Gasteiger partial charge in [-0.15, -0.1) is 0 Å². The number of rotatable bonds is 3. The number of amides is 3. The van der Waals surface area contributed by atoms with Crippen molar-refractivity contribution in [2.45, 2.75) is 12.5 Å². The van der Waals surface area contributed by atoms with Crippen LogP contribution in [0.4, 0.5) is 16.2 Å². The van der Waals surface area contributed by atoms with Crippen molar-refractivity contribution in [3.8, 4) is 0 Å². The average Bonchev–Trinajstić information content (AvgIpc) is 2.91. The SMILES string of the molecule is O=C(Nc1ccc(Br)cc1)NC1CC(=O)N(c2ccccc2)C1. The molecule has 1 atom stereocenters. The maximum Gasteiger partial charge on any atom is 0.319 e. The van der Waals surface area contributed by atoms with Gasteiger partial charge in [-0.1, -0.05) is 34.1 Å². The van der Waals surface area contributed by atoms with Gasteiger partial charge in [0.05, 0.1) is 6.04 Å². The van der Waals surface area contributed by atoms with Crippen LogP contribution in [0.1, 0.15) is 6.42 Å². The van der Waals surface area contributed by atoms with Crippen molar-refractivity contribution >= 4 is 39.2 Å². The summed E-state index contributed by atoms with van der Waals surface area (Å²) in [5, 5.41) is 5.61. The largest absolute Gasteiger partial charge is 0.333 e. The Bertz CT molecular complexity index is 704. The van der Waals surface area contributed by atoms with Crippen molar-refractivity contribution in [1.82, 2.24) is 5.32 Å². The number of halogens is 1. The monoisotopic (exact) mass is 373 g/mol. The highest BCUT2D eigenvalue weighted by Crippen LogP contribution is 2.21. The minimum Gasteiger partial charge on any atom is -0.333 e. The van der Waals surface area contributed by atoms with Crippen LogP contribution in [0.15, 0.2) is 59.1 Å². The third kappa shape index (κ3) is 3.90. The Hall–Kier alpha value is -2.34. The van der Waals surface area contributed by atoms with Crippen LogP contribution in [-0.2, 0) is 4.79 Å². The van der Waals surface area contributed by atoms with Crippen molar-refractivity contribution < 1.29 is 9.59 Å². The van der Waals surface area contributed by atoms with Crippen LogP contribution in [-0.4, -0.2) is 24.5 Å². The van der Waals surface area contributed by atoms with Crippen LogP contribution in [0.5, 0.6) is 0 Å². The van der Waals surface area contributed by atoms with E-state index in [0.29, 0.717) is 18.7 Å². The summed E-state index contributed by atoms with van der Waals surface area (Å²) < 4.78 is 0.948. The molecule has 2 aromatic carbocycles. The van der Waals surface area contributed by atoms with Gasteiger partial charge in [-0.05, 0) is 36.4 Å². The predicted octanol–water partition coefficient (Wildman–Crippen LogP) is 3.38. The Morgan fingerprint density at radius 1 is 1.09 bits per heavy atom. The number of hydrogen-bond donors (Lipinski definition) is 2. The van der Waals surface area contributed by atoms with E-state index in [1.165, 1.54) is 0 Å². The Morgan fingerprint density at radius 2 is 1.78 bits per heavy atom. The fourth-order valence-corrected chi connectivity index (χ4v) is 2.81. The summed E-state index contributed by atoms with van der Waals surface area (Å²) in [5.74, 6) is 0.0186. The predicted molar refractivity (Wildman–Crippen MR) is 93.5 cm³/mol. The fourth-order valence-electron chi connectivity index (χ4n) is 2.55. The lowest BCUT2D eigenvalue weighted by Gasteiger charge is -2.17.